The van der Waals surface area contributed by atoms with E-state index >= 15 is 0 Å². The normalized spacial score (nSPS) is 14.6. The van der Waals surface area contributed by atoms with E-state index in [4.69, 9.17) is 37.8 Å². The lowest BCUT2D eigenvalue weighted by Gasteiger charge is -2.11. The van der Waals surface area contributed by atoms with Gasteiger partial charge in [0.15, 0.2) is 12.5 Å². The molecule has 0 aliphatic heterocycles. The van der Waals surface area contributed by atoms with E-state index in [1.54, 1.807) is 0 Å². The van der Waals surface area contributed by atoms with Gasteiger partial charge >= 0.3 is 5.97 Å². The Labute approximate surface area is 114 Å². The van der Waals surface area contributed by atoms with Gasteiger partial charge in [0.2, 0.25) is 0 Å². The Morgan fingerprint density at radius 1 is 1.39 bits per heavy atom. The van der Waals surface area contributed by atoms with Gasteiger partial charge < -0.3 is 14.6 Å². The molecule has 0 atom stereocenters. The predicted molar refractivity (Wildman–Crippen MR) is 67.6 cm³/mol. The second-order valence-electron chi connectivity index (χ2n) is 4.15. The Morgan fingerprint density at radius 3 is 2.72 bits per heavy atom. The number of benzene rings is 1. The summed E-state index contributed by atoms with van der Waals surface area (Å²) in [5.41, 5.74) is -0.0671. The number of carboxylic acid groups (broad SMARTS) is 1. The Kier molecular flexibility index (Phi) is 4.32. The number of hydrogen-bond acceptors (Lipinski definition) is 3. The van der Waals surface area contributed by atoms with Crippen LogP contribution in [-0.2, 0) is 4.74 Å². The second kappa shape index (κ2) is 5.78. The lowest BCUT2D eigenvalue weighted by atomic mass is 10.2. The summed E-state index contributed by atoms with van der Waals surface area (Å²) in [5.74, 6) is -0.436. The summed E-state index contributed by atoms with van der Waals surface area (Å²) in [6.07, 6.45) is 2.37. The number of carboxylic acids is 1. The van der Waals surface area contributed by atoms with Crippen LogP contribution in [0.1, 0.15) is 23.2 Å². The van der Waals surface area contributed by atoms with E-state index in [0.29, 0.717) is 12.5 Å². The summed E-state index contributed by atoms with van der Waals surface area (Å²) in [6.45, 7) is 0.617. The number of hydrogen-bond donors (Lipinski definition) is 1. The summed E-state index contributed by atoms with van der Waals surface area (Å²) in [5, 5.41) is 9.45. The molecular weight excluding hydrogens is 279 g/mol. The van der Waals surface area contributed by atoms with Crippen molar-refractivity contribution in [2.75, 3.05) is 13.4 Å². The average Bonchev–Trinajstić information content (AvgIpc) is 3.09. The largest absolute Gasteiger partial charge is 0.478 e. The summed E-state index contributed by atoms with van der Waals surface area (Å²) >= 11 is 11.6. The Balaban J connectivity index is 2.02. The van der Waals surface area contributed by atoms with E-state index < -0.39 is 5.97 Å². The molecule has 0 heterocycles. The molecule has 4 nitrogen and oxygen atoms in total. The summed E-state index contributed by atoms with van der Waals surface area (Å²) in [7, 11) is 0. The smallest absolute Gasteiger partial charge is 0.339 e. The molecule has 18 heavy (non-hydrogen) atoms. The van der Waals surface area contributed by atoms with Crippen molar-refractivity contribution in [2.24, 2.45) is 5.92 Å². The number of ether oxygens (including phenoxy) is 2. The number of halogens is 2. The third-order valence-corrected chi connectivity index (χ3v) is 3.07. The van der Waals surface area contributed by atoms with Gasteiger partial charge in [-0.2, -0.15) is 0 Å². The van der Waals surface area contributed by atoms with Gasteiger partial charge in [0.05, 0.1) is 11.6 Å². The minimum atomic E-state index is -1.14. The highest BCUT2D eigenvalue weighted by molar-refractivity contribution is 6.36. The molecule has 0 aromatic heterocycles. The SMILES string of the molecule is O=C(O)c1cc(Cl)cc(Cl)c1OCOCC1CC1. The van der Waals surface area contributed by atoms with Crippen molar-refractivity contribution < 1.29 is 19.4 Å². The van der Waals surface area contributed by atoms with Crippen LogP contribution in [0.5, 0.6) is 5.75 Å². The Bertz CT molecular complexity index is 458. The van der Waals surface area contributed by atoms with Gasteiger partial charge in [0.1, 0.15) is 5.56 Å². The highest BCUT2D eigenvalue weighted by Gasteiger charge is 2.21. The van der Waals surface area contributed by atoms with Crippen LogP contribution in [0, 0.1) is 5.92 Å². The van der Waals surface area contributed by atoms with E-state index in [-0.39, 0.29) is 28.2 Å². The minimum absolute atomic E-state index is 0.0157. The molecule has 1 aliphatic rings. The summed E-state index contributed by atoms with van der Waals surface area (Å²) < 4.78 is 10.5. The minimum Gasteiger partial charge on any atom is -0.478 e. The fourth-order valence-electron chi connectivity index (χ4n) is 1.47. The van der Waals surface area contributed by atoms with E-state index in [9.17, 15) is 4.79 Å². The van der Waals surface area contributed by atoms with Crippen molar-refractivity contribution in [3.05, 3.63) is 27.7 Å². The first-order valence-electron chi connectivity index (χ1n) is 5.51. The second-order valence-corrected chi connectivity index (χ2v) is 4.99. The highest BCUT2D eigenvalue weighted by atomic mass is 35.5. The zero-order valence-electron chi connectivity index (χ0n) is 9.49. The first-order valence-corrected chi connectivity index (χ1v) is 6.26. The molecule has 1 aromatic rings. The molecule has 98 valence electrons. The predicted octanol–water partition coefficient (Wildman–Crippen LogP) is 3.45. The van der Waals surface area contributed by atoms with Crippen LogP contribution >= 0.6 is 23.2 Å². The van der Waals surface area contributed by atoms with Crippen LogP contribution in [0.4, 0.5) is 0 Å². The van der Waals surface area contributed by atoms with E-state index in [1.165, 1.54) is 25.0 Å². The summed E-state index contributed by atoms with van der Waals surface area (Å²) in [4.78, 5) is 11.0. The molecule has 0 spiro atoms. The van der Waals surface area contributed by atoms with Crippen molar-refractivity contribution >= 4 is 29.2 Å². The number of aromatic carboxylic acids is 1. The van der Waals surface area contributed by atoms with E-state index in [0.717, 1.165) is 0 Å². The van der Waals surface area contributed by atoms with Crippen LogP contribution in [0.25, 0.3) is 0 Å². The molecule has 2 rings (SSSR count). The number of carbonyl (C=O) groups is 1. The third-order valence-electron chi connectivity index (χ3n) is 2.58. The van der Waals surface area contributed by atoms with Crippen LogP contribution in [-0.4, -0.2) is 24.5 Å². The lowest BCUT2D eigenvalue weighted by Crippen LogP contribution is -2.09. The van der Waals surface area contributed by atoms with Crippen LogP contribution in [0.2, 0.25) is 10.0 Å². The van der Waals surface area contributed by atoms with Crippen molar-refractivity contribution in [1.82, 2.24) is 0 Å². The Hall–Kier alpha value is -0.970. The molecule has 0 saturated heterocycles. The van der Waals surface area contributed by atoms with Gasteiger partial charge in [-0.25, -0.2) is 4.79 Å². The third kappa shape index (κ3) is 3.51. The zero-order valence-corrected chi connectivity index (χ0v) is 11.0. The molecule has 1 saturated carbocycles. The quantitative estimate of drug-likeness (QED) is 0.644. The summed E-state index contributed by atoms with van der Waals surface area (Å²) in [6, 6.07) is 2.73. The van der Waals surface area contributed by atoms with Crippen LogP contribution < -0.4 is 4.74 Å². The number of rotatable bonds is 6. The molecular formula is C12H12Cl2O4. The van der Waals surface area contributed by atoms with Gasteiger partial charge in [-0.1, -0.05) is 23.2 Å². The maximum Gasteiger partial charge on any atom is 0.339 e. The van der Waals surface area contributed by atoms with Crippen molar-refractivity contribution in [3.8, 4) is 5.75 Å². The zero-order chi connectivity index (χ0) is 13.1. The molecule has 6 heteroatoms. The molecule has 0 bridgehead atoms. The van der Waals surface area contributed by atoms with Crippen molar-refractivity contribution in [2.45, 2.75) is 12.8 Å². The van der Waals surface area contributed by atoms with Crippen molar-refractivity contribution in [1.29, 1.82) is 0 Å². The maximum atomic E-state index is 11.0. The van der Waals surface area contributed by atoms with E-state index in [1.807, 2.05) is 0 Å². The van der Waals surface area contributed by atoms with E-state index in [2.05, 4.69) is 0 Å². The molecule has 0 radical (unpaired) electrons. The van der Waals surface area contributed by atoms with Gasteiger partial charge in [-0.05, 0) is 30.9 Å². The van der Waals surface area contributed by atoms with Gasteiger partial charge in [-0.15, -0.1) is 0 Å². The first kappa shape index (κ1) is 13.5. The topological polar surface area (TPSA) is 55.8 Å². The monoisotopic (exact) mass is 290 g/mol. The Morgan fingerprint density at radius 2 is 2.11 bits per heavy atom. The standard InChI is InChI=1S/C12H12Cl2O4/c13-8-3-9(12(15)16)11(10(14)4-8)18-6-17-5-7-1-2-7/h3-4,7H,1-2,5-6H2,(H,15,16). The van der Waals surface area contributed by atoms with Gasteiger partial charge in [0.25, 0.3) is 0 Å². The van der Waals surface area contributed by atoms with Gasteiger partial charge in [0, 0.05) is 5.02 Å². The maximum absolute atomic E-state index is 11.0. The molecule has 0 unspecified atom stereocenters. The first-order chi connectivity index (χ1) is 8.58. The molecule has 0 amide bonds. The molecule has 1 fully saturated rings. The molecule has 1 aliphatic carbocycles. The van der Waals surface area contributed by atoms with Gasteiger partial charge in [-0.3, -0.25) is 0 Å². The average molecular weight is 291 g/mol. The van der Waals surface area contributed by atoms with Crippen LogP contribution in [0.3, 0.4) is 0 Å². The molecule has 1 N–H and O–H groups in total. The highest BCUT2D eigenvalue weighted by Crippen LogP contribution is 2.33. The van der Waals surface area contributed by atoms with Crippen LogP contribution in [0.15, 0.2) is 12.1 Å². The van der Waals surface area contributed by atoms with Crippen molar-refractivity contribution in [3.63, 3.8) is 0 Å². The fraction of sp³-hybridized carbons (Fsp3) is 0.417. The molecule has 1 aromatic carbocycles. The fourth-order valence-corrected chi connectivity index (χ4v) is 2.01. The lowest BCUT2D eigenvalue weighted by molar-refractivity contribution is 0.00925.